The molecule has 150 valence electrons. The Bertz CT molecular complexity index is 1660. The van der Waals surface area contributed by atoms with E-state index in [0.29, 0.717) is 38.6 Å². The van der Waals surface area contributed by atoms with E-state index in [0.717, 1.165) is 18.8 Å². The summed E-state index contributed by atoms with van der Waals surface area (Å²) in [7, 11) is 0. The average molecular weight is 406 g/mol. The molecule has 0 atom stereocenters. The molecule has 0 spiro atoms. The number of hydrogen-bond acceptors (Lipinski definition) is 6. The molecule has 3 aromatic heterocycles. The van der Waals surface area contributed by atoms with Crippen LogP contribution in [0, 0.1) is 28.1 Å². The summed E-state index contributed by atoms with van der Waals surface area (Å²) >= 11 is 0. The van der Waals surface area contributed by atoms with Crippen LogP contribution >= 0.6 is 0 Å². The van der Waals surface area contributed by atoms with Crippen LogP contribution in [0.15, 0.2) is 46.9 Å². The molecule has 0 fully saturated rings. The lowest BCUT2D eigenvalue weighted by Crippen LogP contribution is -2.21. The first-order valence-corrected chi connectivity index (χ1v) is 10.1. The van der Waals surface area contributed by atoms with Crippen molar-refractivity contribution in [3.8, 4) is 12.1 Å². The van der Waals surface area contributed by atoms with Gasteiger partial charge in [0.05, 0.1) is 22.0 Å². The van der Waals surface area contributed by atoms with Crippen molar-refractivity contribution in [2.45, 2.75) is 13.8 Å². The second kappa shape index (κ2) is 6.86. The molecule has 7 nitrogen and oxygen atoms in total. The molecule has 0 aliphatic rings. The van der Waals surface area contributed by atoms with Crippen LogP contribution in [0.4, 0.5) is 5.69 Å². The third-order valence-corrected chi connectivity index (χ3v) is 5.75. The Balaban J connectivity index is 2.03. The predicted octanol–water partition coefficient (Wildman–Crippen LogP) is 4.46. The number of aromatic nitrogens is 2. The number of pyridine rings is 1. The molecule has 0 saturated carbocycles. The number of anilines is 1. The molecule has 0 bridgehead atoms. The van der Waals surface area contributed by atoms with E-state index in [1.807, 2.05) is 42.5 Å². The van der Waals surface area contributed by atoms with Gasteiger partial charge in [-0.25, -0.2) is 4.98 Å². The lowest BCUT2D eigenvalue weighted by Gasteiger charge is -2.21. The number of nitriles is 2. The van der Waals surface area contributed by atoms with Gasteiger partial charge in [0.1, 0.15) is 23.3 Å². The number of para-hydroxylation sites is 2. The Morgan fingerprint density at radius 3 is 2.52 bits per heavy atom. The van der Waals surface area contributed by atoms with Gasteiger partial charge in [0.2, 0.25) is 0 Å². The normalized spacial score (nSPS) is 11.2. The number of nitrogens with zero attached hydrogens (tertiary/aromatic N) is 5. The van der Waals surface area contributed by atoms with Crippen molar-refractivity contribution >= 4 is 44.3 Å². The Hall–Kier alpha value is -4.36. The molecule has 1 N–H and O–H groups in total. The van der Waals surface area contributed by atoms with Gasteiger partial charge >= 0.3 is 0 Å². The lowest BCUT2D eigenvalue weighted by atomic mass is 10.0. The SMILES string of the molecule is CCN(CC)c1ccc2c(C#N)c3c(oc2c1)c(C#N)c(=N)n1c2ccccc2nc31. The van der Waals surface area contributed by atoms with Crippen LogP contribution in [0.3, 0.4) is 0 Å². The number of rotatable bonds is 3. The number of imidazole rings is 1. The second-order valence-corrected chi connectivity index (χ2v) is 7.24. The van der Waals surface area contributed by atoms with Crippen LogP contribution in [0.5, 0.6) is 0 Å². The lowest BCUT2D eigenvalue weighted by molar-refractivity contribution is 0.656. The minimum Gasteiger partial charge on any atom is -0.454 e. The zero-order valence-corrected chi connectivity index (χ0v) is 17.1. The van der Waals surface area contributed by atoms with Gasteiger partial charge in [-0.15, -0.1) is 0 Å². The Morgan fingerprint density at radius 2 is 1.81 bits per heavy atom. The molecule has 0 aliphatic carbocycles. The average Bonchev–Trinajstić information content (AvgIpc) is 3.18. The van der Waals surface area contributed by atoms with Gasteiger partial charge in [0.15, 0.2) is 16.7 Å². The first kappa shape index (κ1) is 18.7. The summed E-state index contributed by atoms with van der Waals surface area (Å²) in [6, 6.07) is 17.6. The summed E-state index contributed by atoms with van der Waals surface area (Å²) < 4.78 is 7.82. The number of nitrogens with one attached hydrogen (secondary N) is 1. The summed E-state index contributed by atoms with van der Waals surface area (Å²) in [5.41, 5.74) is 4.00. The molecule has 0 unspecified atom stereocenters. The number of hydrogen-bond donors (Lipinski definition) is 1. The van der Waals surface area contributed by atoms with Gasteiger partial charge in [0.25, 0.3) is 0 Å². The van der Waals surface area contributed by atoms with E-state index in [4.69, 9.17) is 9.83 Å². The van der Waals surface area contributed by atoms with Gasteiger partial charge in [0, 0.05) is 30.2 Å². The van der Waals surface area contributed by atoms with Gasteiger partial charge < -0.3 is 9.32 Å². The van der Waals surface area contributed by atoms with Crippen molar-refractivity contribution in [3.63, 3.8) is 0 Å². The molecule has 5 aromatic rings. The molecule has 0 amide bonds. The summed E-state index contributed by atoms with van der Waals surface area (Å²) in [6.07, 6.45) is 0. The summed E-state index contributed by atoms with van der Waals surface area (Å²) in [5.74, 6) is 0. The topological polar surface area (TPSA) is 105 Å². The zero-order chi connectivity index (χ0) is 21.7. The number of fused-ring (bicyclic) bond motifs is 6. The molecular formula is C24H18N6O. The monoisotopic (exact) mass is 406 g/mol. The third kappa shape index (κ3) is 2.50. The fourth-order valence-electron chi connectivity index (χ4n) is 4.25. The summed E-state index contributed by atoms with van der Waals surface area (Å²) in [5, 5.41) is 29.8. The largest absolute Gasteiger partial charge is 0.454 e. The maximum atomic E-state index is 10.1. The number of benzene rings is 2. The Kier molecular flexibility index (Phi) is 4.13. The molecule has 0 saturated heterocycles. The molecule has 0 radical (unpaired) electrons. The first-order chi connectivity index (χ1) is 15.1. The maximum absolute atomic E-state index is 10.1. The zero-order valence-electron chi connectivity index (χ0n) is 17.1. The van der Waals surface area contributed by atoms with Gasteiger partial charge in [-0.3, -0.25) is 9.81 Å². The van der Waals surface area contributed by atoms with E-state index in [2.05, 4.69) is 35.9 Å². The molecule has 5 rings (SSSR count). The van der Waals surface area contributed by atoms with Crippen molar-refractivity contribution in [3.05, 3.63) is 59.1 Å². The van der Waals surface area contributed by atoms with Crippen LogP contribution in [0.25, 0.3) is 38.6 Å². The highest BCUT2D eigenvalue weighted by Gasteiger charge is 2.22. The molecule has 2 aromatic carbocycles. The van der Waals surface area contributed by atoms with Crippen molar-refractivity contribution < 1.29 is 4.42 Å². The molecular weight excluding hydrogens is 388 g/mol. The summed E-state index contributed by atoms with van der Waals surface area (Å²) in [4.78, 5) is 6.86. The van der Waals surface area contributed by atoms with Gasteiger partial charge in [-0.2, -0.15) is 10.5 Å². The first-order valence-electron chi connectivity index (χ1n) is 10.1. The minimum absolute atomic E-state index is 0.00872. The highest BCUT2D eigenvalue weighted by molar-refractivity contribution is 6.07. The fourth-order valence-corrected chi connectivity index (χ4v) is 4.25. The standard InChI is InChI=1S/C24H18N6O/c1-3-29(4-2)14-9-10-15-16(12-25)21-22(31-20(15)11-14)17(13-26)23(27)30-19-8-6-5-7-18(19)28-24(21)30/h5-11,27H,3-4H2,1-2H3. The Morgan fingerprint density at radius 1 is 1.06 bits per heavy atom. The van der Waals surface area contributed by atoms with E-state index in [9.17, 15) is 10.5 Å². The summed E-state index contributed by atoms with van der Waals surface area (Å²) in [6.45, 7) is 5.82. The smallest absolute Gasteiger partial charge is 0.161 e. The highest BCUT2D eigenvalue weighted by Crippen LogP contribution is 2.34. The van der Waals surface area contributed by atoms with E-state index in [1.54, 1.807) is 4.40 Å². The Labute approximate surface area is 177 Å². The third-order valence-electron chi connectivity index (χ3n) is 5.75. The quantitative estimate of drug-likeness (QED) is 0.446. The van der Waals surface area contributed by atoms with Crippen LogP contribution in [0.2, 0.25) is 0 Å². The van der Waals surface area contributed by atoms with Gasteiger partial charge in [-0.05, 0) is 38.1 Å². The van der Waals surface area contributed by atoms with E-state index < -0.39 is 0 Å². The van der Waals surface area contributed by atoms with E-state index in [-0.39, 0.29) is 16.6 Å². The van der Waals surface area contributed by atoms with Crippen molar-refractivity contribution in [2.24, 2.45) is 0 Å². The van der Waals surface area contributed by atoms with Crippen molar-refractivity contribution in [2.75, 3.05) is 18.0 Å². The van der Waals surface area contributed by atoms with Crippen molar-refractivity contribution in [1.82, 2.24) is 9.38 Å². The molecule has 7 heteroatoms. The molecule has 0 aliphatic heterocycles. The second-order valence-electron chi connectivity index (χ2n) is 7.24. The van der Waals surface area contributed by atoms with Crippen LogP contribution in [-0.4, -0.2) is 22.5 Å². The van der Waals surface area contributed by atoms with Crippen LogP contribution in [-0.2, 0) is 0 Å². The maximum Gasteiger partial charge on any atom is 0.161 e. The predicted molar refractivity (Wildman–Crippen MR) is 119 cm³/mol. The van der Waals surface area contributed by atoms with Crippen LogP contribution in [0.1, 0.15) is 25.0 Å². The van der Waals surface area contributed by atoms with Crippen molar-refractivity contribution in [1.29, 1.82) is 15.9 Å². The molecule has 3 heterocycles. The fraction of sp³-hybridized carbons (Fsp3) is 0.167. The highest BCUT2D eigenvalue weighted by atomic mass is 16.3. The molecule has 31 heavy (non-hydrogen) atoms. The van der Waals surface area contributed by atoms with Crippen LogP contribution < -0.4 is 10.4 Å². The van der Waals surface area contributed by atoms with E-state index >= 15 is 0 Å². The van der Waals surface area contributed by atoms with E-state index in [1.165, 1.54) is 0 Å². The van der Waals surface area contributed by atoms with Gasteiger partial charge in [-0.1, -0.05) is 12.1 Å². The minimum atomic E-state index is -0.00872.